The normalized spacial score (nSPS) is 12.0. The number of hydrogen-bond acceptors (Lipinski definition) is 1. The molecular weight excluding hydrogens is 335 g/mol. The molecule has 4 heteroatoms. The van der Waals surface area contributed by atoms with Gasteiger partial charge < -0.3 is 5.73 Å². The Morgan fingerprint density at radius 1 is 0.731 bits per heavy atom. The second-order valence-corrected chi connectivity index (χ2v) is 5.96. The first kappa shape index (κ1) is 17.8. The van der Waals surface area contributed by atoms with E-state index in [4.69, 9.17) is 5.73 Å². The molecule has 0 saturated carbocycles. The largest absolute Gasteiger partial charge is 0.418 e. The van der Waals surface area contributed by atoms with Crippen molar-refractivity contribution < 1.29 is 13.2 Å². The summed E-state index contributed by atoms with van der Waals surface area (Å²) < 4.78 is 39.2. The summed E-state index contributed by atoms with van der Waals surface area (Å²) in [7, 11) is 0. The molecule has 0 aliphatic heterocycles. The molecule has 2 N–H and O–H groups in total. The van der Waals surface area contributed by atoms with E-state index in [9.17, 15) is 13.2 Å². The Kier molecular flexibility index (Phi) is 5.12. The summed E-state index contributed by atoms with van der Waals surface area (Å²) in [6.45, 7) is 0. The summed E-state index contributed by atoms with van der Waals surface area (Å²) in [5, 5.41) is 0. The van der Waals surface area contributed by atoms with Crippen LogP contribution in [0.2, 0.25) is 0 Å². The zero-order valence-electron chi connectivity index (χ0n) is 13.9. The minimum Gasteiger partial charge on any atom is -0.398 e. The van der Waals surface area contributed by atoms with E-state index in [-0.39, 0.29) is 11.6 Å². The first-order chi connectivity index (χ1) is 12.5. The van der Waals surface area contributed by atoms with Crippen molar-refractivity contribution in [2.75, 3.05) is 5.73 Å². The SMILES string of the molecule is Nc1c(C=CC(c2ccccc2)c2ccccc2)cccc1C(F)(F)F. The standard InChI is InChI=1S/C22H18F3N/c23-22(24,25)20-13-7-12-18(21(20)26)14-15-19(16-8-3-1-4-9-16)17-10-5-2-6-11-17/h1-15,19H,26H2. The van der Waals surface area contributed by atoms with Gasteiger partial charge in [-0.25, -0.2) is 0 Å². The van der Waals surface area contributed by atoms with Crippen molar-refractivity contribution in [3.8, 4) is 0 Å². The lowest BCUT2D eigenvalue weighted by Gasteiger charge is -2.15. The molecule has 0 spiro atoms. The molecule has 0 heterocycles. The predicted octanol–water partition coefficient (Wildman–Crippen LogP) is 6.13. The maximum Gasteiger partial charge on any atom is 0.418 e. The monoisotopic (exact) mass is 353 g/mol. The summed E-state index contributed by atoms with van der Waals surface area (Å²) in [4.78, 5) is 0. The first-order valence-electron chi connectivity index (χ1n) is 8.20. The molecule has 26 heavy (non-hydrogen) atoms. The summed E-state index contributed by atoms with van der Waals surface area (Å²) in [6.07, 6.45) is -0.919. The van der Waals surface area contributed by atoms with E-state index in [1.54, 1.807) is 12.1 Å². The van der Waals surface area contributed by atoms with Crippen molar-refractivity contribution in [1.82, 2.24) is 0 Å². The number of rotatable bonds is 4. The maximum atomic E-state index is 13.1. The molecule has 0 atom stereocenters. The zero-order chi connectivity index (χ0) is 18.6. The van der Waals surface area contributed by atoms with Gasteiger partial charge in [-0.3, -0.25) is 0 Å². The van der Waals surface area contributed by atoms with Crippen LogP contribution in [0.4, 0.5) is 18.9 Å². The fourth-order valence-corrected chi connectivity index (χ4v) is 2.91. The Balaban J connectivity index is 2.01. The molecule has 0 bridgehead atoms. The number of nitrogens with two attached hydrogens (primary N) is 1. The van der Waals surface area contributed by atoms with E-state index in [2.05, 4.69) is 0 Å². The fourth-order valence-electron chi connectivity index (χ4n) is 2.91. The lowest BCUT2D eigenvalue weighted by atomic mass is 9.90. The maximum absolute atomic E-state index is 13.1. The molecule has 0 fully saturated rings. The van der Waals surface area contributed by atoms with Crippen molar-refractivity contribution >= 4 is 11.8 Å². The van der Waals surface area contributed by atoms with E-state index < -0.39 is 11.7 Å². The van der Waals surface area contributed by atoms with E-state index in [1.165, 1.54) is 6.07 Å². The van der Waals surface area contributed by atoms with Gasteiger partial charge in [-0.15, -0.1) is 0 Å². The summed E-state index contributed by atoms with van der Waals surface area (Å²) in [5.41, 5.74) is 7.17. The van der Waals surface area contributed by atoms with Crippen LogP contribution in [-0.4, -0.2) is 0 Å². The molecule has 132 valence electrons. The smallest absolute Gasteiger partial charge is 0.398 e. The van der Waals surface area contributed by atoms with Crippen molar-refractivity contribution in [2.24, 2.45) is 0 Å². The van der Waals surface area contributed by atoms with Crippen LogP contribution in [0, 0.1) is 0 Å². The molecule has 0 aromatic heterocycles. The molecule has 0 aliphatic carbocycles. The Morgan fingerprint density at radius 3 is 1.77 bits per heavy atom. The molecule has 3 aromatic carbocycles. The Labute approximate surface area is 150 Å². The zero-order valence-corrected chi connectivity index (χ0v) is 13.9. The van der Waals surface area contributed by atoms with Crippen LogP contribution in [0.1, 0.15) is 28.2 Å². The quantitative estimate of drug-likeness (QED) is 0.561. The van der Waals surface area contributed by atoms with Gasteiger partial charge in [-0.2, -0.15) is 13.2 Å². The Hall–Kier alpha value is -3.01. The van der Waals surface area contributed by atoms with Gasteiger partial charge in [0.15, 0.2) is 0 Å². The van der Waals surface area contributed by atoms with Crippen LogP contribution >= 0.6 is 0 Å². The number of halogens is 3. The van der Waals surface area contributed by atoms with Crippen molar-refractivity contribution in [3.05, 3.63) is 107 Å². The van der Waals surface area contributed by atoms with Crippen molar-refractivity contribution in [1.29, 1.82) is 0 Å². The van der Waals surface area contributed by atoms with Crippen LogP contribution in [-0.2, 0) is 6.18 Å². The highest BCUT2D eigenvalue weighted by molar-refractivity contribution is 5.69. The van der Waals surface area contributed by atoms with Crippen LogP contribution in [0.15, 0.2) is 84.9 Å². The third kappa shape index (κ3) is 3.97. The second kappa shape index (κ2) is 7.48. The third-order valence-corrected chi connectivity index (χ3v) is 4.23. The highest BCUT2D eigenvalue weighted by atomic mass is 19.4. The predicted molar refractivity (Wildman–Crippen MR) is 99.6 cm³/mol. The first-order valence-corrected chi connectivity index (χ1v) is 8.20. The highest BCUT2D eigenvalue weighted by Crippen LogP contribution is 2.36. The number of allylic oxidation sites excluding steroid dienone is 1. The molecule has 3 rings (SSSR count). The Bertz CT molecular complexity index is 845. The number of para-hydroxylation sites is 1. The minimum absolute atomic E-state index is 0.0775. The van der Waals surface area contributed by atoms with Gasteiger partial charge in [0.1, 0.15) is 0 Å². The van der Waals surface area contributed by atoms with E-state index >= 15 is 0 Å². The lowest BCUT2D eigenvalue weighted by molar-refractivity contribution is -0.136. The van der Waals surface area contributed by atoms with Gasteiger partial charge >= 0.3 is 6.18 Å². The van der Waals surface area contributed by atoms with Crippen LogP contribution in [0.25, 0.3) is 6.08 Å². The average molecular weight is 353 g/mol. The molecule has 3 aromatic rings. The molecule has 0 unspecified atom stereocenters. The second-order valence-electron chi connectivity index (χ2n) is 5.96. The number of hydrogen-bond donors (Lipinski definition) is 1. The average Bonchev–Trinajstić information content (AvgIpc) is 2.64. The third-order valence-electron chi connectivity index (χ3n) is 4.23. The minimum atomic E-state index is -4.47. The van der Waals surface area contributed by atoms with Gasteiger partial charge in [-0.05, 0) is 22.8 Å². The van der Waals surface area contributed by atoms with Crippen LogP contribution in [0.5, 0.6) is 0 Å². The van der Waals surface area contributed by atoms with E-state index in [1.807, 2.05) is 66.7 Å². The topological polar surface area (TPSA) is 26.0 Å². The van der Waals surface area contributed by atoms with Crippen molar-refractivity contribution in [3.63, 3.8) is 0 Å². The van der Waals surface area contributed by atoms with E-state index in [0.29, 0.717) is 5.56 Å². The van der Waals surface area contributed by atoms with Crippen LogP contribution < -0.4 is 5.73 Å². The Morgan fingerprint density at radius 2 is 1.27 bits per heavy atom. The van der Waals surface area contributed by atoms with Gasteiger partial charge in [0, 0.05) is 5.92 Å². The van der Waals surface area contributed by atoms with Gasteiger partial charge in [0.25, 0.3) is 0 Å². The van der Waals surface area contributed by atoms with Gasteiger partial charge in [0.05, 0.1) is 11.3 Å². The summed E-state index contributed by atoms with van der Waals surface area (Å²) in [6, 6.07) is 23.6. The molecule has 0 saturated heterocycles. The molecule has 1 nitrogen and oxygen atoms in total. The number of alkyl halides is 3. The highest BCUT2D eigenvalue weighted by Gasteiger charge is 2.33. The number of benzene rings is 3. The van der Waals surface area contributed by atoms with Crippen LogP contribution in [0.3, 0.4) is 0 Å². The van der Waals surface area contributed by atoms with Gasteiger partial charge in [0.2, 0.25) is 0 Å². The van der Waals surface area contributed by atoms with Gasteiger partial charge in [-0.1, -0.05) is 84.9 Å². The summed E-state index contributed by atoms with van der Waals surface area (Å²) >= 11 is 0. The number of anilines is 1. The molecular formula is C22H18F3N. The lowest BCUT2D eigenvalue weighted by Crippen LogP contribution is -2.09. The molecule has 0 radical (unpaired) electrons. The number of nitrogen functional groups attached to an aromatic ring is 1. The van der Waals surface area contributed by atoms with E-state index in [0.717, 1.165) is 17.2 Å². The fraction of sp³-hybridized carbons (Fsp3) is 0.0909. The molecule has 0 aliphatic rings. The molecule has 0 amide bonds. The van der Waals surface area contributed by atoms with Crippen molar-refractivity contribution in [2.45, 2.75) is 12.1 Å². The summed E-state index contributed by atoms with van der Waals surface area (Å²) in [5.74, 6) is -0.0775.